The Morgan fingerprint density at radius 3 is 2.37 bits per heavy atom. The molecule has 0 bridgehead atoms. The molecule has 0 spiro atoms. The normalized spacial score (nSPS) is 10.7. The van der Waals surface area contributed by atoms with Crippen molar-refractivity contribution in [2.24, 2.45) is 0 Å². The van der Waals surface area contributed by atoms with Gasteiger partial charge in [-0.25, -0.2) is 4.39 Å². The van der Waals surface area contributed by atoms with Gasteiger partial charge in [0.1, 0.15) is 29.7 Å². The highest BCUT2D eigenvalue weighted by molar-refractivity contribution is 6.36. The van der Waals surface area contributed by atoms with Gasteiger partial charge in [0.2, 0.25) is 0 Å². The molecule has 0 heterocycles. The number of halogens is 3. The van der Waals surface area contributed by atoms with Crippen LogP contribution >= 0.6 is 23.2 Å². The second-order valence-corrected chi connectivity index (χ2v) is 7.58. The molecular formula is C23H19Cl2FO4. The molecule has 3 aromatic carbocycles. The predicted octanol–water partition coefficient (Wildman–Crippen LogP) is 6.07. The minimum absolute atomic E-state index is 0.0107. The minimum atomic E-state index is -0.471. The smallest absolute Gasteiger partial charge is 0.167 e. The number of hydrogen-bond acceptors (Lipinski definition) is 4. The van der Waals surface area contributed by atoms with E-state index in [9.17, 15) is 14.3 Å². The van der Waals surface area contributed by atoms with Crippen LogP contribution in [-0.4, -0.2) is 24.6 Å². The number of Topliss-reactive ketones (excluding diaryl/α,β-unsaturated/α-hetero) is 1. The third-order valence-electron chi connectivity index (χ3n) is 4.42. The Balaban J connectivity index is 1.92. The van der Waals surface area contributed by atoms with E-state index in [2.05, 4.69) is 0 Å². The van der Waals surface area contributed by atoms with Crippen molar-refractivity contribution in [3.05, 3.63) is 75.5 Å². The van der Waals surface area contributed by atoms with E-state index in [4.69, 9.17) is 32.7 Å². The molecule has 0 fully saturated rings. The van der Waals surface area contributed by atoms with Crippen molar-refractivity contribution in [2.45, 2.75) is 13.3 Å². The summed E-state index contributed by atoms with van der Waals surface area (Å²) in [5, 5.41) is 11.1. The molecule has 3 aromatic rings. The zero-order valence-electron chi connectivity index (χ0n) is 16.3. The molecule has 4 nitrogen and oxygen atoms in total. The predicted molar refractivity (Wildman–Crippen MR) is 115 cm³/mol. The number of ether oxygens (including phenoxy) is 2. The third-order valence-corrected chi connectivity index (χ3v) is 5.09. The van der Waals surface area contributed by atoms with Crippen LogP contribution < -0.4 is 9.47 Å². The fourth-order valence-corrected chi connectivity index (χ4v) is 3.58. The summed E-state index contributed by atoms with van der Waals surface area (Å²) in [4.78, 5) is 11.1. The third kappa shape index (κ3) is 5.23. The van der Waals surface area contributed by atoms with Crippen LogP contribution in [0.25, 0.3) is 11.1 Å². The summed E-state index contributed by atoms with van der Waals surface area (Å²) >= 11 is 12.8. The number of methoxy groups -OCH3 is 1. The van der Waals surface area contributed by atoms with E-state index in [-0.39, 0.29) is 18.1 Å². The molecule has 0 unspecified atom stereocenters. The molecule has 1 N–H and O–H groups in total. The van der Waals surface area contributed by atoms with Gasteiger partial charge in [0.05, 0.1) is 7.11 Å². The zero-order chi connectivity index (χ0) is 21.8. The van der Waals surface area contributed by atoms with Gasteiger partial charge in [-0.15, -0.1) is 0 Å². The number of phenols is 1. The first-order valence-corrected chi connectivity index (χ1v) is 9.79. The van der Waals surface area contributed by atoms with Gasteiger partial charge in [0, 0.05) is 28.1 Å². The van der Waals surface area contributed by atoms with Crippen LogP contribution in [0.1, 0.15) is 18.1 Å². The summed E-state index contributed by atoms with van der Waals surface area (Å²) in [6.45, 7) is 1.36. The Morgan fingerprint density at radius 1 is 1.03 bits per heavy atom. The van der Waals surface area contributed by atoms with Gasteiger partial charge in [-0.05, 0) is 60.0 Å². The van der Waals surface area contributed by atoms with Crippen molar-refractivity contribution in [1.82, 2.24) is 0 Å². The summed E-state index contributed by atoms with van der Waals surface area (Å²) in [6, 6.07) is 12.5. The Kier molecular flexibility index (Phi) is 6.85. The van der Waals surface area contributed by atoms with Gasteiger partial charge in [-0.3, -0.25) is 4.79 Å². The minimum Gasteiger partial charge on any atom is -0.507 e. The number of phenolic OH excluding ortho intramolecular Hbond substituents is 1. The first kappa shape index (κ1) is 21.9. The molecule has 0 amide bonds. The number of carbonyl (C=O) groups excluding carboxylic acids is 1. The maximum atomic E-state index is 13.9. The summed E-state index contributed by atoms with van der Waals surface area (Å²) in [5.41, 5.74) is 2.42. The molecule has 7 heteroatoms. The molecule has 0 aromatic heterocycles. The molecule has 30 heavy (non-hydrogen) atoms. The van der Waals surface area contributed by atoms with E-state index in [0.717, 1.165) is 5.56 Å². The van der Waals surface area contributed by atoms with E-state index in [0.29, 0.717) is 44.7 Å². The van der Waals surface area contributed by atoms with Crippen LogP contribution in [0.3, 0.4) is 0 Å². The van der Waals surface area contributed by atoms with E-state index >= 15 is 0 Å². The SMILES string of the molecule is COc1cc(F)cc(-c2cc(Cc3c(Cl)cc(OCC(C)=O)cc3Cl)ccc2O)c1. The van der Waals surface area contributed by atoms with Crippen LogP contribution in [0.5, 0.6) is 17.2 Å². The highest BCUT2D eigenvalue weighted by Gasteiger charge is 2.14. The lowest BCUT2D eigenvalue weighted by Gasteiger charge is -2.13. The summed E-state index contributed by atoms with van der Waals surface area (Å²) < 4.78 is 24.4. The van der Waals surface area contributed by atoms with Gasteiger partial charge >= 0.3 is 0 Å². The van der Waals surface area contributed by atoms with Crippen LogP contribution in [0.4, 0.5) is 4.39 Å². The van der Waals surface area contributed by atoms with E-state index in [1.807, 2.05) is 0 Å². The molecule has 0 aliphatic heterocycles. The Labute approximate surface area is 183 Å². The molecule has 3 rings (SSSR count). The van der Waals surface area contributed by atoms with Gasteiger partial charge in [0.25, 0.3) is 0 Å². The second kappa shape index (κ2) is 9.37. The molecule has 0 aliphatic rings. The van der Waals surface area contributed by atoms with Crippen molar-refractivity contribution >= 4 is 29.0 Å². The Morgan fingerprint density at radius 2 is 1.73 bits per heavy atom. The van der Waals surface area contributed by atoms with Gasteiger partial charge in [-0.1, -0.05) is 29.3 Å². The van der Waals surface area contributed by atoms with Gasteiger partial charge in [0.15, 0.2) is 5.78 Å². The molecule has 0 saturated carbocycles. The number of aromatic hydroxyl groups is 1. The molecule has 0 atom stereocenters. The first-order valence-electron chi connectivity index (χ1n) is 9.04. The highest BCUT2D eigenvalue weighted by Crippen LogP contribution is 2.36. The fraction of sp³-hybridized carbons (Fsp3) is 0.174. The number of rotatable bonds is 7. The zero-order valence-corrected chi connectivity index (χ0v) is 17.9. The van der Waals surface area contributed by atoms with Crippen molar-refractivity contribution in [2.75, 3.05) is 13.7 Å². The lowest BCUT2D eigenvalue weighted by Crippen LogP contribution is -2.06. The van der Waals surface area contributed by atoms with Crippen LogP contribution in [0.2, 0.25) is 10.0 Å². The maximum absolute atomic E-state index is 13.9. The lowest BCUT2D eigenvalue weighted by atomic mass is 9.98. The van der Waals surface area contributed by atoms with Crippen LogP contribution in [-0.2, 0) is 11.2 Å². The lowest BCUT2D eigenvalue weighted by molar-refractivity contribution is -0.118. The number of hydrogen-bond donors (Lipinski definition) is 1. The molecule has 0 radical (unpaired) electrons. The standard InChI is InChI=1S/C23H19Cl2FO4/c1-13(27)12-30-18-10-21(24)20(22(25)11-18)6-14-3-4-23(28)19(5-14)15-7-16(26)9-17(8-15)29-2/h3-5,7-11,28H,6,12H2,1-2H3. The largest absolute Gasteiger partial charge is 0.507 e. The Bertz CT molecular complexity index is 1080. The average Bonchev–Trinajstić information content (AvgIpc) is 2.69. The molecular weight excluding hydrogens is 430 g/mol. The quantitative estimate of drug-likeness (QED) is 0.476. The molecule has 0 saturated heterocycles. The van der Waals surface area contributed by atoms with E-state index in [1.165, 1.54) is 32.2 Å². The monoisotopic (exact) mass is 448 g/mol. The summed E-state index contributed by atoms with van der Waals surface area (Å²) in [6.07, 6.45) is 0.379. The second-order valence-electron chi connectivity index (χ2n) is 6.76. The number of carbonyl (C=O) groups is 1. The summed E-state index contributed by atoms with van der Waals surface area (Å²) in [5.74, 6) is 0.180. The highest BCUT2D eigenvalue weighted by atomic mass is 35.5. The topological polar surface area (TPSA) is 55.8 Å². The van der Waals surface area contributed by atoms with E-state index in [1.54, 1.807) is 30.3 Å². The first-order chi connectivity index (χ1) is 14.3. The molecule has 0 aliphatic carbocycles. The average molecular weight is 449 g/mol. The van der Waals surface area contributed by atoms with E-state index < -0.39 is 5.82 Å². The van der Waals surface area contributed by atoms with Crippen molar-refractivity contribution < 1.29 is 23.8 Å². The van der Waals surface area contributed by atoms with Crippen molar-refractivity contribution in [3.63, 3.8) is 0 Å². The van der Waals surface area contributed by atoms with Gasteiger partial charge < -0.3 is 14.6 Å². The van der Waals surface area contributed by atoms with Crippen molar-refractivity contribution in [1.29, 1.82) is 0 Å². The number of ketones is 1. The van der Waals surface area contributed by atoms with Crippen LogP contribution in [0.15, 0.2) is 48.5 Å². The van der Waals surface area contributed by atoms with Crippen LogP contribution in [0, 0.1) is 5.82 Å². The van der Waals surface area contributed by atoms with Crippen molar-refractivity contribution in [3.8, 4) is 28.4 Å². The maximum Gasteiger partial charge on any atom is 0.167 e. The fourth-order valence-electron chi connectivity index (χ4n) is 2.98. The number of benzene rings is 3. The molecule has 156 valence electrons. The van der Waals surface area contributed by atoms with Gasteiger partial charge in [-0.2, -0.15) is 0 Å². The Hall–Kier alpha value is -2.76. The summed E-state index contributed by atoms with van der Waals surface area (Å²) in [7, 11) is 1.45.